The highest BCUT2D eigenvalue weighted by atomic mass is 79.9. The zero-order valence-corrected chi connectivity index (χ0v) is 8.95. The minimum Gasteiger partial charge on any atom is -0.495 e. The fraction of sp³-hybridized carbons (Fsp3) is 0.125. The summed E-state index contributed by atoms with van der Waals surface area (Å²) in [5, 5.41) is -0.753. The van der Waals surface area contributed by atoms with Gasteiger partial charge in [-0.05, 0) is 39.7 Å². The highest BCUT2D eigenvalue weighted by Gasteiger charge is 2.14. The number of halogens is 3. The van der Waals surface area contributed by atoms with Crippen molar-refractivity contribution < 1.29 is 13.9 Å². The molecule has 1 aromatic rings. The maximum Gasteiger partial charge on any atom is 0.256 e. The van der Waals surface area contributed by atoms with Crippen molar-refractivity contribution in [2.24, 2.45) is 0 Å². The van der Waals surface area contributed by atoms with Crippen LogP contribution in [-0.2, 0) is 0 Å². The van der Waals surface area contributed by atoms with E-state index in [4.69, 9.17) is 16.3 Å². The topological polar surface area (TPSA) is 26.3 Å². The van der Waals surface area contributed by atoms with Crippen LogP contribution < -0.4 is 4.74 Å². The van der Waals surface area contributed by atoms with E-state index in [1.807, 2.05) is 0 Å². The summed E-state index contributed by atoms with van der Waals surface area (Å²) in [6, 6.07) is 2.22. The summed E-state index contributed by atoms with van der Waals surface area (Å²) >= 11 is 8.28. The molecular formula is C8H5BrClFO2. The van der Waals surface area contributed by atoms with Crippen LogP contribution in [0.5, 0.6) is 5.75 Å². The molecule has 0 bridgehead atoms. The summed E-state index contributed by atoms with van der Waals surface area (Å²) in [6.45, 7) is 0. The minimum absolute atomic E-state index is 0.0102. The predicted octanol–water partition coefficient (Wildman–Crippen LogP) is 2.98. The van der Waals surface area contributed by atoms with E-state index in [0.29, 0.717) is 4.47 Å². The largest absolute Gasteiger partial charge is 0.495 e. The first kappa shape index (κ1) is 10.5. The van der Waals surface area contributed by atoms with E-state index in [1.165, 1.54) is 13.2 Å². The first-order valence-corrected chi connectivity index (χ1v) is 4.46. The van der Waals surface area contributed by atoms with Gasteiger partial charge in [0.15, 0.2) is 0 Å². The lowest BCUT2D eigenvalue weighted by Crippen LogP contribution is -1.97. The van der Waals surface area contributed by atoms with Crippen LogP contribution in [0.4, 0.5) is 4.39 Å². The lowest BCUT2D eigenvalue weighted by molar-refractivity contribution is 0.107. The van der Waals surface area contributed by atoms with Crippen LogP contribution in [0.2, 0.25) is 0 Å². The van der Waals surface area contributed by atoms with Crippen molar-refractivity contribution in [3.05, 3.63) is 28.0 Å². The van der Waals surface area contributed by atoms with Gasteiger partial charge in [-0.1, -0.05) is 0 Å². The Bertz CT molecular complexity index is 354. The van der Waals surface area contributed by atoms with Gasteiger partial charge in [0.2, 0.25) is 0 Å². The smallest absolute Gasteiger partial charge is 0.256 e. The number of methoxy groups -OCH3 is 1. The van der Waals surface area contributed by atoms with Crippen molar-refractivity contribution in [2.75, 3.05) is 7.11 Å². The number of rotatable bonds is 2. The van der Waals surface area contributed by atoms with Crippen molar-refractivity contribution in [1.29, 1.82) is 0 Å². The van der Waals surface area contributed by atoms with Crippen LogP contribution >= 0.6 is 27.5 Å². The van der Waals surface area contributed by atoms with Gasteiger partial charge in [-0.3, -0.25) is 4.79 Å². The molecule has 1 rings (SSSR count). The second kappa shape index (κ2) is 4.07. The molecule has 0 unspecified atom stereocenters. The molecule has 0 N–H and O–H groups in total. The number of carbonyl (C=O) groups is 1. The third kappa shape index (κ3) is 2.19. The van der Waals surface area contributed by atoms with Gasteiger partial charge in [0.1, 0.15) is 11.6 Å². The van der Waals surface area contributed by atoms with E-state index in [9.17, 15) is 9.18 Å². The summed E-state index contributed by atoms with van der Waals surface area (Å²) in [5.74, 6) is -0.307. The van der Waals surface area contributed by atoms with Gasteiger partial charge in [-0.15, -0.1) is 0 Å². The molecule has 70 valence electrons. The average molecular weight is 267 g/mol. The molecule has 0 radical (unpaired) electrons. The lowest BCUT2D eigenvalue weighted by atomic mass is 10.2. The molecule has 0 atom stereocenters. The monoisotopic (exact) mass is 266 g/mol. The first-order chi connectivity index (χ1) is 6.06. The van der Waals surface area contributed by atoms with Crippen molar-refractivity contribution in [3.63, 3.8) is 0 Å². The Morgan fingerprint density at radius 2 is 2.23 bits per heavy atom. The van der Waals surface area contributed by atoms with Crippen LogP contribution in [-0.4, -0.2) is 12.4 Å². The predicted molar refractivity (Wildman–Crippen MR) is 50.8 cm³/mol. The number of ether oxygens (including phenoxy) is 1. The Hall–Kier alpha value is -0.610. The second-order valence-electron chi connectivity index (χ2n) is 2.24. The maximum atomic E-state index is 12.8. The minimum atomic E-state index is -0.753. The Kier molecular flexibility index (Phi) is 3.27. The van der Waals surface area contributed by atoms with Gasteiger partial charge in [-0.25, -0.2) is 4.39 Å². The van der Waals surface area contributed by atoms with Crippen LogP contribution in [0.3, 0.4) is 0 Å². The Labute approximate surface area is 87.8 Å². The van der Waals surface area contributed by atoms with Gasteiger partial charge >= 0.3 is 0 Å². The van der Waals surface area contributed by atoms with Gasteiger partial charge in [0.25, 0.3) is 5.24 Å². The molecule has 0 fully saturated rings. The van der Waals surface area contributed by atoms with Crippen molar-refractivity contribution in [3.8, 4) is 5.75 Å². The molecule has 0 aromatic heterocycles. The van der Waals surface area contributed by atoms with Gasteiger partial charge in [0, 0.05) is 0 Å². The van der Waals surface area contributed by atoms with E-state index in [-0.39, 0.29) is 11.3 Å². The molecule has 1 aromatic carbocycles. The Morgan fingerprint density at radius 3 is 2.69 bits per heavy atom. The molecule has 0 saturated carbocycles. The van der Waals surface area contributed by atoms with E-state index in [0.717, 1.165) is 6.07 Å². The molecule has 0 aliphatic heterocycles. The second-order valence-corrected chi connectivity index (χ2v) is 3.44. The van der Waals surface area contributed by atoms with E-state index < -0.39 is 11.1 Å². The summed E-state index contributed by atoms with van der Waals surface area (Å²) in [6.07, 6.45) is 0. The summed E-state index contributed by atoms with van der Waals surface area (Å²) in [4.78, 5) is 10.8. The van der Waals surface area contributed by atoms with Crippen molar-refractivity contribution in [1.82, 2.24) is 0 Å². The zero-order chi connectivity index (χ0) is 10.0. The molecule has 0 heterocycles. The van der Waals surface area contributed by atoms with E-state index in [2.05, 4.69) is 15.9 Å². The molecule has 0 amide bonds. The molecular weight excluding hydrogens is 262 g/mol. The molecule has 0 aliphatic rings. The molecule has 2 nitrogen and oxygen atoms in total. The normalized spacial score (nSPS) is 9.85. The summed E-state index contributed by atoms with van der Waals surface area (Å²) in [5.41, 5.74) is 0.0102. The Morgan fingerprint density at radius 1 is 1.62 bits per heavy atom. The first-order valence-electron chi connectivity index (χ1n) is 3.29. The third-order valence-electron chi connectivity index (χ3n) is 1.42. The van der Waals surface area contributed by atoms with Crippen molar-refractivity contribution >= 4 is 32.8 Å². The number of hydrogen-bond donors (Lipinski definition) is 0. The summed E-state index contributed by atoms with van der Waals surface area (Å²) < 4.78 is 18.0. The highest BCUT2D eigenvalue weighted by Crippen LogP contribution is 2.30. The van der Waals surface area contributed by atoms with Gasteiger partial charge < -0.3 is 4.74 Å². The fourth-order valence-electron chi connectivity index (χ4n) is 0.914. The lowest BCUT2D eigenvalue weighted by Gasteiger charge is -2.06. The number of hydrogen-bond acceptors (Lipinski definition) is 2. The van der Waals surface area contributed by atoms with Crippen LogP contribution in [0.1, 0.15) is 10.4 Å². The third-order valence-corrected chi connectivity index (χ3v) is 2.22. The fourth-order valence-corrected chi connectivity index (χ4v) is 1.65. The van der Waals surface area contributed by atoms with Gasteiger partial charge in [0.05, 0.1) is 17.1 Å². The van der Waals surface area contributed by atoms with Crippen LogP contribution in [0.25, 0.3) is 0 Å². The van der Waals surface area contributed by atoms with Crippen molar-refractivity contribution in [2.45, 2.75) is 0 Å². The Balaban J connectivity index is 3.38. The molecule has 0 saturated heterocycles. The van der Waals surface area contributed by atoms with E-state index in [1.54, 1.807) is 0 Å². The van der Waals surface area contributed by atoms with Crippen LogP contribution in [0, 0.1) is 5.82 Å². The quantitative estimate of drug-likeness (QED) is 0.770. The molecule has 0 spiro atoms. The number of benzene rings is 1. The standard InChI is InChI=1S/C8H5BrClFO2/c1-13-7-5(8(10)12)2-4(11)3-6(7)9/h2-3H,1H3. The zero-order valence-electron chi connectivity index (χ0n) is 6.61. The molecule has 13 heavy (non-hydrogen) atoms. The SMILES string of the molecule is COc1c(Br)cc(F)cc1C(=O)Cl. The van der Waals surface area contributed by atoms with E-state index >= 15 is 0 Å². The molecule has 0 aliphatic carbocycles. The van der Waals surface area contributed by atoms with Gasteiger partial charge in [-0.2, -0.15) is 0 Å². The van der Waals surface area contributed by atoms with Crippen LogP contribution in [0.15, 0.2) is 16.6 Å². The maximum absolute atomic E-state index is 12.8. The molecule has 5 heteroatoms. The average Bonchev–Trinajstić information content (AvgIpc) is 2.02. The highest BCUT2D eigenvalue weighted by molar-refractivity contribution is 9.10. The number of carbonyl (C=O) groups excluding carboxylic acids is 1. The summed E-state index contributed by atoms with van der Waals surface area (Å²) in [7, 11) is 1.38.